The summed E-state index contributed by atoms with van der Waals surface area (Å²) < 4.78 is 0. The molecule has 1 atom stereocenters. The fourth-order valence-corrected chi connectivity index (χ4v) is 1.49. The van der Waals surface area contributed by atoms with Crippen molar-refractivity contribution in [3.05, 3.63) is 0 Å². The lowest BCUT2D eigenvalue weighted by Gasteiger charge is -2.33. The van der Waals surface area contributed by atoms with Gasteiger partial charge in [-0.2, -0.15) is 0 Å². The quantitative estimate of drug-likeness (QED) is 0.595. The summed E-state index contributed by atoms with van der Waals surface area (Å²) in [5, 5.41) is 12.0. The van der Waals surface area contributed by atoms with E-state index in [0.29, 0.717) is 13.1 Å². The molecule has 15 heavy (non-hydrogen) atoms. The lowest BCUT2D eigenvalue weighted by atomic mass is 10.2. The van der Waals surface area contributed by atoms with Crippen LogP contribution in [-0.4, -0.2) is 73.1 Å². The van der Waals surface area contributed by atoms with Gasteiger partial charge in [-0.05, 0) is 0 Å². The summed E-state index contributed by atoms with van der Waals surface area (Å²) in [6.45, 7) is 1.89. The van der Waals surface area contributed by atoms with Crippen LogP contribution >= 0.6 is 0 Å². The molecule has 0 aromatic heterocycles. The molecule has 86 valence electrons. The minimum atomic E-state index is -0.881. The number of carboxylic acids is 1. The molecule has 1 aliphatic rings. The van der Waals surface area contributed by atoms with Crippen molar-refractivity contribution in [2.45, 2.75) is 6.04 Å². The zero-order valence-electron chi connectivity index (χ0n) is 9.06. The average molecular weight is 215 g/mol. The van der Waals surface area contributed by atoms with Gasteiger partial charge in [0.05, 0.1) is 6.54 Å². The van der Waals surface area contributed by atoms with Crippen LogP contribution in [0.15, 0.2) is 0 Å². The van der Waals surface area contributed by atoms with Crippen LogP contribution in [0.25, 0.3) is 0 Å². The van der Waals surface area contributed by atoms with E-state index in [1.54, 1.807) is 19.0 Å². The molecule has 0 bridgehead atoms. The molecule has 1 heterocycles. The molecule has 1 saturated heterocycles. The number of aliphatic carboxylic acids is 1. The van der Waals surface area contributed by atoms with Crippen LogP contribution in [0.5, 0.6) is 0 Å². The number of carbonyl (C=O) groups excluding carboxylic acids is 1. The topological polar surface area (TPSA) is 72.9 Å². The summed E-state index contributed by atoms with van der Waals surface area (Å²) in [6.07, 6.45) is 0. The second-order valence-electron chi connectivity index (χ2n) is 3.82. The number of rotatable bonds is 3. The van der Waals surface area contributed by atoms with E-state index in [1.807, 2.05) is 0 Å². The molecule has 0 aromatic rings. The van der Waals surface area contributed by atoms with E-state index in [2.05, 4.69) is 5.32 Å². The molecule has 1 amide bonds. The van der Waals surface area contributed by atoms with Crippen molar-refractivity contribution in [1.29, 1.82) is 0 Å². The zero-order chi connectivity index (χ0) is 11.4. The number of likely N-dealkylation sites (N-methyl/N-ethyl adjacent to an activating group) is 1. The van der Waals surface area contributed by atoms with Crippen molar-refractivity contribution in [2.24, 2.45) is 0 Å². The first kappa shape index (κ1) is 11.9. The van der Waals surface area contributed by atoms with Gasteiger partial charge in [0.2, 0.25) is 5.91 Å². The van der Waals surface area contributed by atoms with Crippen molar-refractivity contribution in [3.8, 4) is 0 Å². The Kier molecular flexibility index (Phi) is 4.05. The Balaban J connectivity index is 2.57. The highest BCUT2D eigenvalue weighted by Crippen LogP contribution is 2.03. The number of piperazine rings is 1. The first-order chi connectivity index (χ1) is 7.02. The highest BCUT2D eigenvalue weighted by atomic mass is 16.4. The van der Waals surface area contributed by atoms with Gasteiger partial charge in [0.15, 0.2) is 0 Å². The van der Waals surface area contributed by atoms with E-state index < -0.39 is 12.0 Å². The van der Waals surface area contributed by atoms with Crippen LogP contribution < -0.4 is 5.32 Å². The van der Waals surface area contributed by atoms with Crippen molar-refractivity contribution in [1.82, 2.24) is 15.1 Å². The molecule has 1 unspecified atom stereocenters. The summed E-state index contributed by atoms with van der Waals surface area (Å²) in [5.41, 5.74) is 0. The van der Waals surface area contributed by atoms with E-state index in [9.17, 15) is 9.59 Å². The molecule has 0 radical (unpaired) electrons. The minimum Gasteiger partial charge on any atom is -0.480 e. The van der Waals surface area contributed by atoms with E-state index >= 15 is 0 Å². The molecule has 0 saturated carbocycles. The predicted molar refractivity (Wildman–Crippen MR) is 54.6 cm³/mol. The number of hydrogen-bond acceptors (Lipinski definition) is 4. The summed E-state index contributed by atoms with van der Waals surface area (Å²) in [6, 6.07) is -0.595. The molecule has 6 nitrogen and oxygen atoms in total. The van der Waals surface area contributed by atoms with Crippen LogP contribution in [0.4, 0.5) is 0 Å². The van der Waals surface area contributed by atoms with Crippen molar-refractivity contribution in [2.75, 3.05) is 40.3 Å². The monoisotopic (exact) mass is 215 g/mol. The summed E-state index contributed by atoms with van der Waals surface area (Å²) in [5.74, 6) is -0.947. The standard InChI is InChI=1S/C9H17N3O3/c1-11(2)8(13)6-12-4-3-10-5-7(12)9(14)15/h7,10H,3-6H2,1-2H3,(H,14,15). The fourth-order valence-electron chi connectivity index (χ4n) is 1.49. The van der Waals surface area contributed by atoms with Gasteiger partial charge < -0.3 is 15.3 Å². The maximum Gasteiger partial charge on any atom is 0.322 e. The first-order valence-corrected chi connectivity index (χ1v) is 4.90. The molecular formula is C9H17N3O3. The zero-order valence-corrected chi connectivity index (χ0v) is 9.06. The van der Waals surface area contributed by atoms with Crippen LogP contribution in [0.3, 0.4) is 0 Å². The molecule has 1 fully saturated rings. The highest BCUT2D eigenvalue weighted by molar-refractivity contribution is 5.79. The number of carbonyl (C=O) groups is 2. The number of carboxylic acid groups (broad SMARTS) is 1. The van der Waals surface area contributed by atoms with E-state index in [4.69, 9.17) is 5.11 Å². The van der Waals surface area contributed by atoms with Crippen molar-refractivity contribution < 1.29 is 14.7 Å². The predicted octanol–water partition coefficient (Wildman–Crippen LogP) is -1.57. The summed E-state index contributed by atoms with van der Waals surface area (Å²) in [4.78, 5) is 25.5. The molecule has 1 rings (SSSR count). The normalized spacial score (nSPS) is 22.4. The van der Waals surface area contributed by atoms with E-state index in [-0.39, 0.29) is 12.5 Å². The molecule has 2 N–H and O–H groups in total. The molecule has 1 aliphatic heterocycles. The van der Waals surface area contributed by atoms with Crippen molar-refractivity contribution >= 4 is 11.9 Å². The largest absolute Gasteiger partial charge is 0.480 e. The lowest BCUT2D eigenvalue weighted by Crippen LogP contribution is -2.57. The third-order valence-corrected chi connectivity index (χ3v) is 2.48. The second-order valence-corrected chi connectivity index (χ2v) is 3.82. The van der Waals surface area contributed by atoms with Crippen LogP contribution in [-0.2, 0) is 9.59 Å². The van der Waals surface area contributed by atoms with Gasteiger partial charge in [0.1, 0.15) is 6.04 Å². The smallest absolute Gasteiger partial charge is 0.322 e. The van der Waals surface area contributed by atoms with E-state index in [1.165, 1.54) is 4.90 Å². The molecule has 0 spiro atoms. The van der Waals surface area contributed by atoms with Gasteiger partial charge in [-0.25, -0.2) is 0 Å². The SMILES string of the molecule is CN(C)C(=O)CN1CCNCC1C(=O)O. The first-order valence-electron chi connectivity index (χ1n) is 4.90. The Morgan fingerprint density at radius 3 is 2.73 bits per heavy atom. The molecule has 0 aliphatic carbocycles. The Morgan fingerprint density at radius 1 is 1.53 bits per heavy atom. The molecular weight excluding hydrogens is 198 g/mol. The Morgan fingerprint density at radius 2 is 2.20 bits per heavy atom. The third kappa shape index (κ3) is 3.17. The number of amides is 1. The van der Waals surface area contributed by atoms with Gasteiger partial charge in [0.25, 0.3) is 0 Å². The van der Waals surface area contributed by atoms with Gasteiger partial charge >= 0.3 is 5.97 Å². The minimum absolute atomic E-state index is 0.0665. The van der Waals surface area contributed by atoms with E-state index in [0.717, 1.165) is 6.54 Å². The number of nitrogens with zero attached hydrogens (tertiary/aromatic N) is 2. The maximum atomic E-state index is 11.5. The van der Waals surface area contributed by atoms with Gasteiger partial charge in [-0.1, -0.05) is 0 Å². The maximum absolute atomic E-state index is 11.5. The third-order valence-electron chi connectivity index (χ3n) is 2.48. The second kappa shape index (κ2) is 5.09. The van der Waals surface area contributed by atoms with Gasteiger partial charge in [-0.3, -0.25) is 14.5 Å². The van der Waals surface area contributed by atoms with Crippen molar-refractivity contribution in [3.63, 3.8) is 0 Å². The fraction of sp³-hybridized carbons (Fsp3) is 0.778. The Labute approximate surface area is 88.8 Å². The summed E-state index contributed by atoms with van der Waals surface area (Å²) >= 11 is 0. The number of hydrogen-bond donors (Lipinski definition) is 2. The van der Waals surface area contributed by atoms with Gasteiger partial charge in [0, 0.05) is 33.7 Å². The lowest BCUT2D eigenvalue weighted by molar-refractivity contribution is -0.145. The Hall–Kier alpha value is -1.14. The molecule has 0 aromatic carbocycles. The average Bonchev–Trinajstić information content (AvgIpc) is 2.18. The highest BCUT2D eigenvalue weighted by Gasteiger charge is 2.29. The van der Waals surface area contributed by atoms with Crippen LogP contribution in [0.2, 0.25) is 0 Å². The van der Waals surface area contributed by atoms with Gasteiger partial charge in [-0.15, -0.1) is 0 Å². The number of nitrogens with one attached hydrogen (secondary N) is 1. The Bertz CT molecular complexity index is 255. The summed E-state index contributed by atoms with van der Waals surface area (Å²) in [7, 11) is 3.33. The van der Waals surface area contributed by atoms with Crippen LogP contribution in [0, 0.1) is 0 Å². The molecule has 6 heteroatoms. The van der Waals surface area contributed by atoms with Crippen LogP contribution in [0.1, 0.15) is 0 Å².